The fourth-order valence-corrected chi connectivity index (χ4v) is 2.89. The van der Waals surface area contributed by atoms with Gasteiger partial charge in [-0.2, -0.15) is 0 Å². The molecule has 0 aliphatic carbocycles. The van der Waals surface area contributed by atoms with Crippen LogP contribution in [0.15, 0.2) is 0 Å². The van der Waals surface area contributed by atoms with Gasteiger partial charge in [-0.1, -0.05) is 32.1 Å². The normalized spacial score (nSPS) is 16.5. The molecule has 0 saturated carbocycles. The van der Waals surface area contributed by atoms with Crippen molar-refractivity contribution in [3.05, 3.63) is 10.0 Å². The number of hydrogen-bond donors (Lipinski definition) is 1. The molecule has 1 aromatic rings. The van der Waals surface area contributed by atoms with Crippen LogP contribution in [0.3, 0.4) is 0 Å². The Kier molecular flexibility index (Phi) is 6.18. The first kappa shape index (κ1) is 15.5. The third-order valence-corrected chi connectivity index (χ3v) is 4.65. The summed E-state index contributed by atoms with van der Waals surface area (Å²) >= 11 is 1.66. The van der Waals surface area contributed by atoms with Gasteiger partial charge in [-0.3, -0.25) is 0 Å². The minimum Gasteiger partial charge on any atom is -0.371 e. The topological polar surface area (TPSA) is 47.0 Å². The Morgan fingerprint density at radius 1 is 1.33 bits per heavy atom. The van der Waals surface area contributed by atoms with Gasteiger partial charge in [0, 0.05) is 7.11 Å². The van der Waals surface area contributed by atoms with Gasteiger partial charge in [0.15, 0.2) is 0 Å². The summed E-state index contributed by atoms with van der Waals surface area (Å²) in [5.41, 5.74) is -0.307. The molecular weight excluding hydrogens is 246 g/mol. The van der Waals surface area contributed by atoms with Crippen LogP contribution in [0.2, 0.25) is 0 Å². The molecule has 5 heteroatoms. The Labute approximate surface area is 114 Å². The van der Waals surface area contributed by atoms with Crippen LogP contribution < -0.4 is 5.32 Å². The van der Waals surface area contributed by atoms with E-state index in [-0.39, 0.29) is 5.60 Å². The van der Waals surface area contributed by atoms with Crippen LogP contribution in [-0.2, 0) is 10.3 Å². The van der Waals surface area contributed by atoms with E-state index in [1.807, 2.05) is 0 Å². The van der Waals surface area contributed by atoms with Crippen LogP contribution in [0.1, 0.15) is 63.0 Å². The number of rotatable bonds is 8. The summed E-state index contributed by atoms with van der Waals surface area (Å²) in [6.07, 6.45) is 3.06. The second-order valence-corrected chi connectivity index (χ2v) is 5.66. The van der Waals surface area contributed by atoms with Crippen LogP contribution in [0.25, 0.3) is 0 Å². The highest BCUT2D eigenvalue weighted by Crippen LogP contribution is 2.32. The Morgan fingerprint density at radius 2 is 2.06 bits per heavy atom. The molecule has 2 atom stereocenters. The zero-order valence-electron chi connectivity index (χ0n) is 12.1. The highest BCUT2D eigenvalue weighted by Gasteiger charge is 2.29. The van der Waals surface area contributed by atoms with Gasteiger partial charge >= 0.3 is 0 Å². The number of methoxy groups -OCH3 is 1. The first-order chi connectivity index (χ1) is 8.61. The lowest BCUT2D eigenvalue weighted by atomic mass is 10.1. The number of ether oxygens (including phenoxy) is 1. The molecule has 4 nitrogen and oxygen atoms in total. The van der Waals surface area contributed by atoms with Crippen LogP contribution in [0.5, 0.6) is 0 Å². The van der Waals surface area contributed by atoms with Gasteiger partial charge in [0.1, 0.15) is 15.6 Å². The number of aromatic nitrogens is 2. The van der Waals surface area contributed by atoms with E-state index < -0.39 is 0 Å². The maximum atomic E-state index is 5.57. The largest absolute Gasteiger partial charge is 0.371 e. The van der Waals surface area contributed by atoms with Crippen molar-refractivity contribution in [2.24, 2.45) is 0 Å². The molecule has 0 bridgehead atoms. The maximum absolute atomic E-state index is 5.57. The fraction of sp³-hybridized carbons (Fsp3) is 0.846. The fourth-order valence-electron chi connectivity index (χ4n) is 1.70. The molecule has 0 fully saturated rings. The highest BCUT2D eigenvalue weighted by molar-refractivity contribution is 7.11. The first-order valence-corrected chi connectivity index (χ1v) is 7.55. The van der Waals surface area contributed by atoms with E-state index in [1.165, 1.54) is 0 Å². The zero-order valence-corrected chi connectivity index (χ0v) is 12.9. The molecule has 1 N–H and O–H groups in total. The molecule has 0 radical (unpaired) electrons. The molecule has 2 unspecified atom stereocenters. The number of hydrogen-bond acceptors (Lipinski definition) is 5. The van der Waals surface area contributed by atoms with E-state index in [1.54, 1.807) is 18.4 Å². The number of nitrogens with one attached hydrogen (secondary N) is 1. The molecule has 18 heavy (non-hydrogen) atoms. The van der Waals surface area contributed by atoms with E-state index >= 15 is 0 Å². The quantitative estimate of drug-likeness (QED) is 0.788. The summed E-state index contributed by atoms with van der Waals surface area (Å²) < 4.78 is 5.57. The highest BCUT2D eigenvalue weighted by atomic mass is 32.1. The predicted molar refractivity (Wildman–Crippen MR) is 75.9 cm³/mol. The van der Waals surface area contributed by atoms with Crippen molar-refractivity contribution >= 4 is 11.3 Å². The Hall–Kier alpha value is -0.520. The van der Waals surface area contributed by atoms with E-state index in [0.717, 1.165) is 35.8 Å². The summed E-state index contributed by atoms with van der Waals surface area (Å²) in [6, 6.07) is 0.314. The van der Waals surface area contributed by atoms with E-state index in [2.05, 4.69) is 43.2 Å². The summed E-state index contributed by atoms with van der Waals surface area (Å²) in [4.78, 5) is 0. The van der Waals surface area contributed by atoms with Gasteiger partial charge in [-0.15, -0.1) is 10.2 Å². The molecule has 1 heterocycles. The van der Waals surface area contributed by atoms with Crippen molar-refractivity contribution in [2.45, 2.75) is 58.6 Å². The second-order valence-electron chi connectivity index (χ2n) is 4.65. The lowest BCUT2D eigenvalue weighted by molar-refractivity contribution is -0.00208. The van der Waals surface area contributed by atoms with Gasteiger partial charge in [-0.05, 0) is 32.7 Å². The summed E-state index contributed by atoms with van der Waals surface area (Å²) in [6.45, 7) is 9.53. The second kappa shape index (κ2) is 7.16. The Morgan fingerprint density at radius 3 is 2.56 bits per heavy atom. The average Bonchev–Trinajstić information content (AvgIpc) is 2.89. The van der Waals surface area contributed by atoms with Crippen molar-refractivity contribution in [2.75, 3.05) is 13.7 Å². The van der Waals surface area contributed by atoms with Crippen molar-refractivity contribution in [1.29, 1.82) is 0 Å². The lowest BCUT2D eigenvalue weighted by Gasteiger charge is -2.23. The van der Waals surface area contributed by atoms with Crippen LogP contribution in [-0.4, -0.2) is 23.9 Å². The van der Waals surface area contributed by atoms with Crippen molar-refractivity contribution in [3.8, 4) is 0 Å². The average molecular weight is 271 g/mol. The molecule has 0 saturated heterocycles. The van der Waals surface area contributed by atoms with Crippen LogP contribution >= 0.6 is 11.3 Å². The van der Waals surface area contributed by atoms with Crippen LogP contribution in [0, 0.1) is 0 Å². The monoisotopic (exact) mass is 271 g/mol. The third kappa shape index (κ3) is 3.49. The molecule has 0 spiro atoms. The molecule has 0 aliphatic heterocycles. The van der Waals surface area contributed by atoms with Crippen molar-refractivity contribution < 1.29 is 4.74 Å². The van der Waals surface area contributed by atoms with E-state index in [9.17, 15) is 0 Å². The van der Waals surface area contributed by atoms with E-state index in [4.69, 9.17) is 4.74 Å². The number of nitrogens with zero attached hydrogens (tertiary/aromatic N) is 2. The molecule has 104 valence electrons. The van der Waals surface area contributed by atoms with Gasteiger partial charge < -0.3 is 10.1 Å². The van der Waals surface area contributed by atoms with Gasteiger partial charge in [0.05, 0.1) is 6.04 Å². The SMILES string of the molecule is CCCNC(CC)c1nnc(C(C)(CC)OC)s1. The summed E-state index contributed by atoms with van der Waals surface area (Å²) in [5.74, 6) is 0. The maximum Gasteiger partial charge on any atom is 0.149 e. The predicted octanol–water partition coefficient (Wildman–Crippen LogP) is 3.26. The van der Waals surface area contributed by atoms with Crippen LogP contribution in [0.4, 0.5) is 0 Å². The Bertz CT molecular complexity index is 350. The Balaban J connectivity index is 2.83. The standard InChI is InChI=1S/C13H25N3OS/c1-6-9-14-10(7-2)11-15-16-12(18-11)13(4,8-3)17-5/h10,14H,6-9H2,1-5H3. The molecule has 0 aliphatic rings. The minimum atomic E-state index is -0.307. The molecule has 1 rings (SSSR count). The van der Waals surface area contributed by atoms with Gasteiger partial charge in [-0.25, -0.2) is 0 Å². The van der Waals surface area contributed by atoms with Crippen molar-refractivity contribution in [3.63, 3.8) is 0 Å². The lowest BCUT2D eigenvalue weighted by Crippen LogP contribution is -2.22. The van der Waals surface area contributed by atoms with Gasteiger partial charge in [0.25, 0.3) is 0 Å². The van der Waals surface area contributed by atoms with E-state index in [0.29, 0.717) is 6.04 Å². The third-order valence-electron chi connectivity index (χ3n) is 3.37. The van der Waals surface area contributed by atoms with Gasteiger partial charge in [0.2, 0.25) is 0 Å². The zero-order chi connectivity index (χ0) is 13.6. The molecular formula is C13H25N3OS. The summed E-state index contributed by atoms with van der Waals surface area (Å²) in [5, 5.41) is 14.2. The summed E-state index contributed by atoms with van der Waals surface area (Å²) in [7, 11) is 1.73. The molecule has 0 aromatic carbocycles. The van der Waals surface area contributed by atoms with Crippen molar-refractivity contribution in [1.82, 2.24) is 15.5 Å². The molecule has 0 amide bonds. The minimum absolute atomic E-state index is 0.307. The smallest absolute Gasteiger partial charge is 0.149 e. The first-order valence-electron chi connectivity index (χ1n) is 6.73. The molecule has 1 aromatic heterocycles.